The summed E-state index contributed by atoms with van der Waals surface area (Å²) < 4.78 is 11.5. The van der Waals surface area contributed by atoms with E-state index in [4.69, 9.17) is 9.47 Å². The van der Waals surface area contributed by atoms with Gasteiger partial charge >= 0.3 is 5.97 Å². The lowest BCUT2D eigenvalue weighted by molar-refractivity contribution is -0.137. The lowest BCUT2D eigenvalue weighted by Gasteiger charge is -2.57. The van der Waals surface area contributed by atoms with Gasteiger partial charge in [0.05, 0.1) is 6.61 Å². The van der Waals surface area contributed by atoms with Gasteiger partial charge in [-0.3, -0.25) is 0 Å². The smallest absolute Gasteiger partial charge is 0.330 e. The van der Waals surface area contributed by atoms with Crippen LogP contribution in [0.4, 0.5) is 0 Å². The van der Waals surface area contributed by atoms with Gasteiger partial charge in [0, 0.05) is 35.2 Å². The van der Waals surface area contributed by atoms with Gasteiger partial charge in [-0.05, 0) is 98.5 Å². The standard InChI is InChI=1S/C32H34N2O3/c1-2-36-30(35)11-8-23-19-33-31(34-20-23)27-9-10-29(37-21-22-6-4-3-5-7-22)28(15-27)32-16-24-12-25(17-32)14-26(13-24)18-32/h3-11,15,19-20,24-26H,2,12-14,16-18,21H2,1H3. The second-order valence-corrected chi connectivity index (χ2v) is 11.1. The van der Waals surface area contributed by atoms with Gasteiger partial charge in [0.2, 0.25) is 0 Å². The summed E-state index contributed by atoms with van der Waals surface area (Å²) in [4.78, 5) is 20.9. The largest absolute Gasteiger partial charge is 0.489 e. The quantitative estimate of drug-likeness (QED) is 0.256. The molecule has 1 aromatic heterocycles. The Morgan fingerprint density at radius 1 is 0.973 bits per heavy atom. The van der Waals surface area contributed by atoms with Crippen LogP contribution in [0.15, 0.2) is 67.0 Å². The summed E-state index contributed by atoms with van der Waals surface area (Å²) >= 11 is 0. The first-order valence-electron chi connectivity index (χ1n) is 13.6. The lowest BCUT2D eigenvalue weighted by Crippen LogP contribution is -2.48. The molecule has 190 valence electrons. The SMILES string of the molecule is CCOC(=O)C=Cc1cnc(-c2ccc(OCc3ccccc3)c(C34CC5CC(CC(C5)C3)C4)c2)nc1. The Hall–Kier alpha value is -3.47. The minimum absolute atomic E-state index is 0.194. The average Bonchev–Trinajstić information content (AvgIpc) is 2.91. The molecule has 0 spiro atoms. The molecule has 0 N–H and O–H groups in total. The van der Waals surface area contributed by atoms with E-state index in [0.717, 1.165) is 34.6 Å². The predicted molar refractivity (Wildman–Crippen MR) is 144 cm³/mol. The highest BCUT2D eigenvalue weighted by molar-refractivity contribution is 5.86. The minimum Gasteiger partial charge on any atom is -0.489 e. The predicted octanol–water partition coefficient (Wildman–Crippen LogP) is 6.77. The molecule has 4 saturated carbocycles. The van der Waals surface area contributed by atoms with E-state index in [1.54, 1.807) is 25.4 Å². The van der Waals surface area contributed by atoms with Gasteiger partial charge in [0.25, 0.3) is 0 Å². The van der Waals surface area contributed by atoms with E-state index in [2.05, 4.69) is 52.4 Å². The minimum atomic E-state index is -0.363. The molecule has 0 aliphatic heterocycles. The Bertz CT molecular complexity index is 1250. The summed E-state index contributed by atoms with van der Waals surface area (Å²) in [6, 6.07) is 16.9. The second kappa shape index (κ2) is 10.1. The van der Waals surface area contributed by atoms with Crippen LogP contribution in [0.1, 0.15) is 62.1 Å². The molecule has 0 amide bonds. The Morgan fingerprint density at radius 3 is 2.30 bits per heavy atom. The zero-order valence-electron chi connectivity index (χ0n) is 21.4. The molecular weight excluding hydrogens is 460 g/mol. The summed E-state index contributed by atoms with van der Waals surface area (Å²) in [5.41, 5.74) is 4.49. The zero-order valence-corrected chi connectivity index (χ0v) is 21.4. The van der Waals surface area contributed by atoms with Gasteiger partial charge in [-0.1, -0.05) is 30.3 Å². The van der Waals surface area contributed by atoms with Crippen molar-refractivity contribution < 1.29 is 14.3 Å². The third-order valence-electron chi connectivity index (χ3n) is 8.45. The van der Waals surface area contributed by atoms with Crippen molar-refractivity contribution in [3.8, 4) is 17.1 Å². The topological polar surface area (TPSA) is 61.3 Å². The van der Waals surface area contributed by atoms with Crippen molar-refractivity contribution in [2.75, 3.05) is 6.61 Å². The van der Waals surface area contributed by atoms with E-state index < -0.39 is 0 Å². The zero-order chi connectivity index (χ0) is 25.2. The fourth-order valence-electron chi connectivity index (χ4n) is 7.31. The van der Waals surface area contributed by atoms with Crippen molar-refractivity contribution in [2.45, 2.75) is 57.5 Å². The van der Waals surface area contributed by atoms with Crippen molar-refractivity contribution in [1.29, 1.82) is 0 Å². The van der Waals surface area contributed by atoms with Crippen LogP contribution in [-0.2, 0) is 21.6 Å². The van der Waals surface area contributed by atoms with Gasteiger partial charge in [0.15, 0.2) is 5.82 Å². The molecule has 3 aromatic rings. The number of carbonyl (C=O) groups is 1. The molecule has 2 aromatic carbocycles. The highest BCUT2D eigenvalue weighted by Gasteiger charge is 2.52. The molecule has 4 aliphatic rings. The number of hydrogen-bond acceptors (Lipinski definition) is 5. The maximum Gasteiger partial charge on any atom is 0.330 e. The maximum atomic E-state index is 11.6. The number of aromatic nitrogens is 2. The van der Waals surface area contributed by atoms with Gasteiger partial charge in [-0.2, -0.15) is 0 Å². The molecule has 7 rings (SSSR count). The van der Waals surface area contributed by atoms with Gasteiger partial charge < -0.3 is 9.47 Å². The van der Waals surface area contributed by atoms with Crippen LogP contribution in [-0.4, -0.2) is 22.5 Å². The van der Waals surface area contributed by atoms with E-state index in [-0.39, 0.29) is 11.4 Å². The van der Waals surface area contributed by atoms with Crippen LogP contribution in [0.2, 0.25) is 0 Å². The Labute approximate surface area is 219 Å². The van der Waals surface area contributed by atoms with Crippen molar-refractivity contribution in [3.05, 3.63) is 83.7 Å². The van der Waals surface area contributed by atoms with Crippen molar-refractivity contribution >= 4 is 12.0 Å². The maximum absolute atomic E-state index is 11.6. The van der Waals surface area contributed by atoms with Crippen LogP contribution in [0.5, 0.6) is 5.75 Å². The summed E-state index contributed by atoms with van der Waals surface area (Å²) in [6.07, 6.45) is 14.6. The molecule has 0 radical (unpaired) electrons. The number of rotatable bonds is 8. The molecule has 4 fully saturated rings. The van der Waals surface area contributed by atoms with Crippen LogP contribution < -0.4 is 4.74 Å². The van der Waals surface area contributed by atoms with Crippen LogP contribution in [0.25, 0.3) is 17.5 Å². The van der Waals surface area contributed by atoms with E-state index in [9.17, 15) is 4.79 Å². The lowest BCUT2D eigenvalue weighted by atomic mass is 9.48. The molecule has 5 heteroatoms. The number of nitrogens with zero attached hydrogens (tertiary/aromatic N) is 2. The molecular formula is C32H34N2O3. The van der Waals surface area contributed by atoms with Crippen molar-refractivity contribution in [2.24, 2.45) is 17.8 Å². The first-order chi connectivity index (χ1) is 18.1. The Balaban J connectivity index is 1.31. The van der Waals surface area contributed by atoms with Gasteiger partial charge in [0.1, 0.15) is 12.4 Å². The molecule has 0 saturated heterocycles. The normalized spacial score (nSPS) is 25.9. The Kier molecular flexibility index (Phi) is 6.54. The summed E-state index contributed by atoms with van der Waals surface area (Å²) in [5.74, 6) is 3.87. The first-order valence-corrected chi connectivity index (χ1v) is 13.6. The van der Waals surface area contributed by atoms with E-state index in [0.29, 0.717) is 19.0 Å². The molecule has 4 aliphatic carbocycles. The molecule has 0 unspecified atom stereocenters. The number of ether oxygens (including phenoxy) is 2. The second-order valence-electron chi connectivity index (χ2n) is 11.1. The van der Waals surface area contributed by atoms with E-state index >= 15 is 0 Å². The number of benzene rings is 2. The highest BCUT2D eigenvalue weighted by Crippen LogP contribution is 2.62. The summed E-state index contributed by atoms with van der Waals surface area (Å²) in [6.45, 7) is 2.71. The highest BCUT2D eigenvalue weighted by atomic mass is 16.5. The van der Waals surface area contributed by atoms with Gasteiger partial charge in [-0.25, -0.2) is 14.8 Å². The number of carbonyl (C=O) groups excluding carboxylic acids is 1. The molecule has 0 atom stereocenters. The van der Waals surface area contributed by atoms with E-state index in [1.807, 2.05) is 6.07 Å². The molecule has 1 heterocycles. The third kappa shape index (κ3) is 5.04. The van der Waals surface area contributed by atoms with Crippen LogP contribution >= 0.6 is 0 Å². The Morgan fingerprint density at radius 2 is 1.65 bits per heavy atom. The van der Waals surface area contributed by atoms with Crippen molar-refractivity contribution in [1.82, 2.24) is 9.97 Å². The van der Waals surface area contributed by atoms with Crippen molar-refractivity contribution in [3.63, 3.8) is 0 Å². The molecule has 37 heavy (non-hydrogen) atoms. The number of esters is 1. The fraction of sp³-hybridized carbons (Fsp3) is 0.406. The monoisotopic (exact) mass is 494 g/mol. The average molecular weight is 495 g/mol. The van der Waals surface area contributed by atoms with Crippen LogP contribution in [0.3, 0.4) is 0 Å². The third-order valence-corrected chi connectivity index (χ3v) is 8.45. The molecule has 4 bridgehead atoms. The number of hydrogen-bond donors (Lipinski definition) is 0. The molecule has 5 nitrogen and oxygen atoms in total. The van der Waals surface area contributed by atoms with Gasteiger partial charge in [-0.15, -0.1) is 0 Å². The first kappa shape index (κ1) is 23.9. The summed E-state index contributed by atoms with van der Waals surface area (Å²) in [7, 11) is 0. The van der Waals surface area contributed by atoms with Crippen LogP contribution in [0, 0.1) is 17.8 Å². The summed E-state index contributed by atoms with van der Waals surface area (Å²) in [5, 5.41) is 0. The fourth-order valence-corrected chi connectivity index (χ4v) is 7.31. The van der Waals surface area contributed by atoms with E-state index in [1.165, 1.54) is 55.7 Å².